The van der Waals surface area contributed by atoms with Gasteiger partial charge in [0.15, 0.2) is 0 Å². The summed E-state index contributed by atoms with van der Waals surface area (Å²) < 4.78 is 0. The van der Waals surface area contributed by atoms with Crippen LogP contribution in [0.2, 0.25) is 0 Å². The average Bonchev–Trinajstić information content (AvgIpc) is 2.46. The van der Waals surface area contributed by atoms with Crippen LogP contribution >= 0.6 is 0 Å². The van der Waals surface area contributed by atoms with Crippen molar-refractivity contribution in [3.63, 3.8) is 0 Å². The summed E-state index contributed by atoms with van der Waals surface area (Å²) in [7, 11) is 0. The Bertz CT molecular complexity index is 293. The fourth-order valence-electron chi connectivity index (χ4n) is 4.63. The van der Waals surface area contributed by atoms with Gasteiger partial charge in [-0.15, -0.1) is 0 Å². The predicted molar refractivity (Wildman–Crippen MR) is 85.5 cm³/mol. The summed E-state index contributed by atoms with van der Waals surface area (Å²) >= 11 is 0. The second-order valence-electron chi connectivity index (χ2n) is 8.55. The lowest BCUT2D eigenvalue weighted by molar-refractivity contribution is -0.0615. The van der Waals surface area contributed by atoms with Crippen LogP contribution in [0.15, 0.2) is 0 Å². The molecule has 2 nitrogen and oxygen atoms in total. The number of aliphatic hydroxyl groups excluding tert-OH is 1. The van der Waals surface area contributed by atoms with Crippen LogP contribution in [-0.4, -0.2) is 17.8 Å². The van der Waals surface area contributed by atoms with Crippen molar-refractivity contribution in [1.29, 1.82) is 0 Å². The molecule has 2 aliphatic carbocycles. The van der Waals surface area contributed by atoms with Gasteiger partial charge in [-0.25, -0.2) is 0 Å². The van der Waals surface area contributed by atoms with Crippen molar-refractivity contribution in [2.75, 3.05) is 6.54 Å². The first-order chi connectivity index (χ1) is 9.39. The molecule has 20 heavy (non-hydrogen) atoms. The van der Waals surface area contributed by atoms with E-state index in [0.29, 0.717) is 17.9 Å². The van der Waals surface area contributed by atoms with E-state index in [4.69, 9.17) is 5.73 Å². The van der Waals surface area contributed by atoms with Crippen LogP contribution in [0, 0.1) is 22.7 Å². The van der Waals surface area contributed by atoms with Gasteiger partial charge in [-0.3, -0.25) is 0 Å². The van der Waals surface area contributed by atoms with Gasteiger partial charge in [-0.05, 0) is 55.8 Å². The molecule has 0 heterocycles. The molecule has 0 aliphatic heterocycles. The van der Waals surface area contributed by atoms with Gasteiger partial charge < -0.3 is 10.8 Å². The standard InChI is InChI=1S/C18H35NO/c1-17(2,3)15-9-11-18(13-19,12-10-15)16(20)14-7-5-4-6-8-14/h14-16,20H,4-13,19H2,1-3H3. The predicted octanol–water partition coefficient (Wildman–Crippen LogP) is 4.11. The fraction of sp³-hybridized carbons (Fsp3) is 1.00. The van der Waals surface area contributed by atoms with E-state index >= 15 is 0 Å². The third-order valence-electron chi connectivity index (χ3n) is 6.34. The maximum atomic E-state index is 11.0. The molecule has 2 fully saturated rings. The van der Waals surface area contributed by atoms with Crippen molar-refractivity contribution in [2.45, 2.75) is 84.7 Å². The molecule has 0 bridgehead atoms. The lowest BCUT2D eigenvalue weighted by Crippen LogP contribution is -2.49. The third-order valence-corrected chi connectivity index (χ3v) is 6.34. The van der Waals surface area contributed by atoms with Crippen molar-refractivity contribution >= 4 is 0 Å². The fourth-order valence-corrected chi connectivity index (χ4v) is 4.63. The van der Waals surface area contributed by atoms with Crippen molar-refractivity contribution in [3.05, 3.63) is 0 Å². The van der Waals surface area contributed by atoms with Crippen LogP contribution in [-0.2, 0) is 0 Å². The van der Waals surface area contributed by atoms with Crippen LogP contribution in [0.25, 0.3) is 0 Å². The molecule has 2 rings (SSSR count). The van der Waals surface area contributed by atoms with Crippen LogP contribution in [0.4, 0.5) is 0 Å². The zero-order valence-corrected chi connectivity index (χ0v) is 13.8. The highest BCUT2D eigenvalue weighted by Gasteiger charge is 2.45. The second-order valence-corrected chi connectivity index (χ2v) is 8.55. The topological polar surface area (TPSA) is 46.2 Å². The summed E-state index contributed by atoms with van der Waals surface area (Å²) in [5.41, 5.74) is 6.56. The lowest BCUT2D eigenvalue weighted by Gasteiger charge is -2.48. The average molecular weight is 281 g/mol. The van der Waals surface area contributed by atoms with Gasteiger partial charge >= 0.3 is 0 Å². The van der Waals surface area contributed by atoms with E-state index in [9.17, 15) is 5.11 Å². The van der Waals surface area contributed by atoms with E-state index in [0.717, 1.165) is 18.8 Å². The first kappa shape index (κ1) is 16.3. The highest BCUT2D eigenvalue weighted by molar-refractivity contribution is 4.96. The molecule has 0 aromatic rings. The zero-order chi connectivity index (χ0) is 14.8. The van der Waals surface area contributed by atoms with E-state index in [1.807, 2.05) is 0 Å². The van der Waals surface area contributed by atoms with Crippen LogP contribution in [0.1, 0.15) is 78.6 Å². The molecule has 0 spiro atoms. The maximum Gasteiger partial charge on any atom is 0.0636 e. The maximum absolute atomic E-state index is 11.0. The first-order valence-corrected chi connectivity index (χ1v) is 8.77. The lowest BCUT2D eigenvalue weighted by atomic mass is 9.59. The van der Waals surface area contributed by atoms with E-state index < -0.39 is 0 Å². The van der Waals surface area contributed by atoms with Crippen LogP contribution < -0.4 is 5.73 Å². The Hall–Kier alpha value is -0.0800. The summed E-state index contributed by atoms with van der Waals surface area (Å²) in [6.45, 7) is 7.72. The number of aliphatic hydroxyl groups is 1. The summed E-state index contributed by atoms with van der Waals surface area (Å²) in [4.78, 5) is 0. The largest absolute Gasteiger partial charge is 0.392 e. The van der Waals surface area contributed by atoms with E-state index in [1.165, 1.54) is 44.9 Å². The molecule has 0 radical (unpaired) electrons. The number of hydrogen-bond donors (Lipinski definition) is 2. The molecule has 3 N–H and O–H groups in total. The van der Waals surface area contributed by atoms with E-state index in [1.54, 1.807) is 0 Å². The molecule has 0 saturated heterocycles. The van der Waals surface area contributed by atoms with Crippen LogP contribution in [0.5, 0.6) is 0 Å². The molecule has 1 unspecified atom stereocenters. The Kier molecular flexibility index (Phi) is 5.18. The molecule has 0 amide bonds. The number of rotatable bonds is 3. The summed E-state index contributed by atoms with van der Waals surface area (Å²) in [6, 6.07) is 0. The van der Waals surface area contributed by atoms with Gasteiger partial charge in [-0.2, -0.15) is 0 Å². The molecule has 2 saturated carbocycles. The third kappa shape index (κ3) is 3.39. The first-order valence-electron chi connectivity index (χ1n) is 8.77. The van der Waals surface area contributed by atoms with Gasteiger partial charge in [-0.1, -0.05) is 40.0 Å². The minimum Gasteiger partial charge on any atom is -0.392 e. The molecule has 2 heteroatoms. The number of nitrogens with two attached hydrogens (primary N) is 1. The van der Waals surface area contributed by atoms with Gasteiger partial charge in [0.05, 0.1) is 6.10 Å². The molecule has 1 atom stereocenters. The Morgan fingerprint density at radius 2 is 1.60 bits per heavy atom. The van der Waals surface area contributed by atoms with Crippen molar-refractivity contribution in [1.82, 2.24) is 0 Å². The van der Waals surface area contributed by atoms with Gasteiger partial charge in [0.25, 0.3) is 0 Å². The van der Waals surface area contributed by atoms with Crippen molar-refractivity contribution in [2.24, 2.45) is 28.4 Å². The second kappa shape index (κ2) is 6.36. The Balaban J connectivity index is 2.00. The highest BCUT2D eigenvalue weighted by atomic mass is 16.3. The van der Waals surface area contributed by atoms with Crippen LogP contribution in [0.3, 0.4) is 0 Å². The minimum atomic E-state index is -0.159. The van der Waals surface area contributed by atoms with Crippen molar-refractivity contribution < 1.29 is 5.11 Å². The highest BCUT2D eigenvalue weighted by Crippen LogP contribution is 2.49. The SMILES string of the molecule is CC(C)(C)C1CCC(CN)(C(O)C2CCCCC2)CC1. The summed E-state index contributed by atoms with van der Waals surface area (Å²) in [5.74, 6) is 1.30. The molecule has 2 aliphatic rings. The Labute approximate surface area is 125 Å². The van der Waals surface area contributed by atoms with E-state index in [-0.39, 0.29) is 11.5 Å². The molecule has 0 aromatic carbocycles. The smallest absolute Gasteiger partial charge is 0.0636 e. The summed E-state index contributed by atoms with van der Waals surface area (Å²) in [6.07, 6.45) is 11.0. The minimum absolute atomic E-state index is 0.0176. The Morgan fingerprint density at radius 1 is 1.05 bits per heavy atom. The summed E-state index contributed by atoms with van der Waals surface area (Å²) in [5, 5.41) is 11.0. The van der Waals surface area contributed by atoms with Gasteiger partial charge in [0.2, 0.25) is 0 Å². The molecular weight excluding hydrogens is 246 g/mol. The molecule has 0 aromatic heterocycles. The van der Waals surface area contributed by atoms with Gasteiger partial charge in [0, 0.05) is 12.0 Å². The van der Waals surface area contributed by atoms with Gasteiger partial charge in [0.1, 0.15) is 0 Å². The Morgan fingerprint density at radius 3 is 2.05 bits per heavy atom. The quantitative estimate of drug-likeness (QED) is 0.818. The molecular formula is C18H35NO. The van der Waals surface area contributed by atoms with Crippen molar-refractivity contribution in [3.8, 4) is 0 Å². The normalized spacial score (nSPS) is 35.0. The molecule has 118 valence electrons. The number of hydrogen-bond acceptors (Lipinski definition) is 2. The van der Waals surface area contributed by atoms with E-state index in [2.05, 4.69) is 20.8 Å². The zero-order valence-electron chi connectivity index (χ0n) is 13.8. The monoisotopic (exact) mass is 281 g/mol.